The van der Waals surface area contributed by atoms with Crippen LogP contribution in [0.15, 0.2) is 53.9 Å². The Balaban J connectivity index is 1.46. The van der Waals surface area contributed by atoms with Gasteiger partial charge in [0.15, 0.2) is 0 Å². The normalized spacial score (nSPS) is 13.6. The Bertz CT molecular complexity index is 947. The molecule has 0 aliphatic heterocycles. The maximum absolute atomic E-state index is 13.1. The van der Waals surface area contributed by atoms with Crippen LogP contribution < -0.4 is 0 Å². The zero-order valence-corrected chi connectivity index (χ0v) is 16.0. The maximum atomic E-state index is 13.1. The Morgan fingerprint density at radius 2 is 2.00 bits per heavy atom. The molecule has 0 radical (unpaired) electrons. The molecule has 138 valence electrons. The van der Waals surface area contributed by atoms with Gasteiger partial charge in [0, 0.05) is 23.5 Å². The Labute approximate surface area is 162 Å². The van der Waals surface area contributed by atoms with E-state index >= 15 is 0 Å². The van der Waals surface area contributed by atoms with Crippen molar-refractivity contribution < 1.29 is 9.18 Å². The third kappa shape index (κ3) is 4.42. The van der Waals surface area contributed by atoms with Crippen LogP contribution in [0, 0.1) is 12.7 Å². The number of carbonyl (C=O) groups is 1. The van der Waals surface area contributed by atoms with Gasteiger partial charge in [-0.15, -0.1) is 11.3 Å². The van der Waals surface area contributed by atoms with Gasteiger partial charge in [0.25, 0.3) is 0 Å². The van der Waals surface area contributed by atoms with E-state index in [0.717, 1.165) is 34.7 Å². The minimum Gasteiger partial charge on any atom is -0.335 e. The highest BCUT2D eigenvalue weighted by Gasteiger charge is 2.32. The van der Waals surface area contributed by atoms with E-state index in [4.69, 9.17) is 0 Å². The van der Waals surface area contributed by atoms with E-state index in [1.54, 1.807) is 23.5 Å². The van der Waals surface area contributed by atoms with Crippen molar-refractivity contribution in [3.05, 3.63) is 76.5 Å². The molecule has 1 saturated carbocycles. The molecule has 0 N–H and O–H groups in total. The van der Waals surface area contributed by atoms with Gasteiger partial charge in [0.05, 0.1) is 12.1 Å². The lowest BCUT2D eigenvalue weighted by Gasteiger charge is -2.22. The monoisotopic (exact) mass is 380 g/mol. The zero-order valence-electron chi connectivity index (χ0n) is 15.2. The lowest BCUT2D eigenvalue weighted by Crippen LogP contribution is -2.33. The first kappa shape index (κ1) is 17.9. The molecule has 0 saturated heterocycles. The Morgan fingerprint density at radius 3 is 2.70 bits per heavy atom. The number of thiazole rings is 1. The van der Waals surface area contributed by atoms with Crippen LogP contribution in [0.1, 0.15) is 29.7 Å². The average Bonchev–Trinajstić information content (AvgIpc) is 3.39. The van der Waals surface area contributed by atoms with Crippen LogP contribution >= 0.6 is 11.3 Å². The molecule has 0 atom stereocenters. The topological polar surface area (TPSA) is 33.2 Å². The van der Waals surface area contributed by atoms with Gasteiger partial charge in [-0.3, -0.25) is 4.79 Å². The first-order valence-electron chi connectivity index (χ1n) is 9.14. The van der Waals surface area contributed by atoms with Crippen LogP contribution in [0.3, 0.4) is 0 Å². The summed E-state index contributed by atoms with van der Waals surface area (Å²) < 4.78 is 13.1. The third-order valence-electron chi connectivity index (χ3n) is 4.72. The number of hydrogen-bond donors (Lipinski definition) is 0. The van der Waals surface area contributed by atoms with Crippen molar-refractivity contribution in [2.45, 2.75) is 38.8 Å². The number of rotatable bonds is 6. The summed E-state index contributed by atoms with van der Waals surface area (Å²) in [5, 5.41) is 2.91. The van der Waals surface area contributed by atoms with Crippen molar-refractivity contribution in [1.82, 2.24) is 9.88 Å². The molecule has 1 aliphatic carbocycles. The number of hydrogen-bond acceptors (Lipinski definition) is 3. The molecule has 4 rings (SSSR count). The van der Waals surface area contributed by atoms with E-state index in [1.165, 1.54) is 17.7 Å². The van der Waals surface area contributed by atoms with E-state index < -0.39 is 0 Å². The highest BCUT2D eigenvalue weighted by atomic mass is 32.1. The number of amides is 1. The highest BCUT2D eigenvalue weighted by molar-refractivity contribution is 7.13. The van der Waals surface area contributed by atoms with Crippen molar-refractivity contribution in [2.75, 3.05) is 0 Å². The number of aryl methyl sites for hydroxylation is 1. The van der Waals surface area contributed by atoms with Gasteiger partial charge in [0.1, 0.15) is 10.8 Å². The van der Waals surface area contributed by atoms with E-state index in [1.807, 2.05) is 22.4 Å². The van der Waals surface area contributed by atoms with E-state index in [-0.39, 0.29) is 11.7 Å². The largest absolute Gasteiger partial charge is 0.335 e. The molecule has 5 heteroatoms. The van der Waals surface area contributed by atoms with Crippen molar-refractivity contribution >= 4 is 17.2 Å². The van der Waals surface area contributed by atoms with Crippen LogP contribution in [0.2, 0.25) is 0 Å². The fourth-order valence-corrected chi connectivity index (χ4v) is 3.97. The first-order valence-corrected chi connectivity index (χ1v) is 10.0. The summed E-state index contributed by atoms with van der Waals surface area (Å²) in [5.74, 6) is -0.169. The molecule has 3 aromatic rings. The molecule has 1 aromatic heterocycles. The van der Waals surface area contributed by atoms with Gasteiger partial charge >= 0.3 is 0 Å². The van der Waals surface area contributed by atoms with Crippen molar-refractivity contribution in [3.8, 4) is 10.6 Å². The molecule has 1 aliphatic rings. The second-order valence-corrected chi connectivity index (χ2v) is 7.93. The van der Waals surface area contributed by atoms with Crippen molar-refractivity contribution in [1.29, 1.82) is 0 Å². The summed E-state index contributed by atoms with van der Waals surface area (Å²) in [6, 6.07) is 14.9. The number of nitrogens with zero attached hydrogens (tertiary/aromatic N) is 2. The predicted molar refractivity (Wildman–Crippen MR) is 106 cm³/mol. The first-order chi connectivity index (χ1) is 13.1. The van der Waals surface area contributed by atoms with E-state index in [2.05, 4.69) is 24.0 Å². The summed E-state index contributed by atoms with van der Waals surface area (Å²) in [6.07, 6.45) is 2.39. The minimum absolute atomic E-state index is 0.0860. The average molecular weight is 380 g/mol. The third-order valence-corrected chi connectivity index (χ3v) is 5.66. The van der Waals surface area contributed by atoms with Crippen molar-refractivity contribution in [3.63, 3.8) is 0 Å². The van der Waals surface area contributed by atoms with Gasteiger partial charge < -0.3 is 4.90 Å². The Morgan fingerprint density at radius 1 is 1.22 bits per heavy atom. The van der Waals surface area contributed by atoms with Gasteiger partial charge in [-0.1, -0.05) is 35.9 Å². The van der Waals surface area contributed by atoms with Crippen LogP contribution in [0.25, 0.3) is 10.6 Å². The van der Waals surface area contributed by atoms with Crippen LogP contribution in [-0.4, -0.2) is 21.8 Å². The zero-order chi connectivity index (χ0) is 18.8. The maximum Gasteiger partial charge on any atom is 0.229 e. The second-order valence-electron chi connectivity index (χ2n) is 7.07. The molecule has 3 nitrogen and oxygen atoms in total. The van der Waals surface area contributed by atoms with Gasteiger partial charge in [-0.05, 0) is 43.5 Å². The summed E-state index contributed by atoms with van der Waals surface area (Å²) in [4.78, 5) is 19.5. The van der Waals surface area contributed by atoms with Crippen LogP contribution in [0.5, 0.6) is 0 Å². The smallest absolute Gasteiger partial charge is 0.229 e. The molecule has 0 bridgehead atoms. The lowest BCUT2D eigenvalue weighted by atomic mass is 10.1. The molecule has 0 unspecified atom stereocenters. The summed E-state index contributed by atoms with van der Waals surface area (Å²) in [7, 11) is 0. The van der Waals surface area contributed by atoms with E-state index in [0.29, 0.717) is 19.0 Å². The molecular formula is C22H21FN2OS. The molecule has 2 aromatic carbocycles. The number of aromatic nitrogens is 1. The molecule has 1 amide bonds. The number of halogens is 1. The predicted octanol–water partition coefficient (Wildman–Crippen LogP) is 4.99. The second kappa shape index (κ2) is 7.61. The highest BCUT2D eigenvalue weighted by Crippen LogP contribution is 2.30. The number of carbonyl (C=O) groups excluding carboxylic acids is 1. The quantitative estimate of drug-likeness (QED) is 0.603. The van der Waals surface area contributed by atoms with Crippen LogP contribution in [-0.2, 0) is 17.8 Å². The molecule has 0 spiro atoms. The fraction of sp³-hybridized carbons (Fsp3) is 0.273. The standard InChI is InChI=1S/C22H21FN2OS/c1-15-3-2-4-17(11-15)22-24-19(14-27-22)12-21(26)25(20-9-10-20)13-16-5-7-18(23)8-6-16/h2-8,11,14,20H,9-10,12-13H2,1H3. The number of benzene rings is 2. The molecular weight excluding hydrogens is 359 g/mol. The van der Waals surface area contributed by atoms with Gasteiger partial charge in [-0.25, -0.2) is 9.37 Å². The van der Waals surface area contributed by atoms with Gasteiger partial charge in [-0.2, -0.15) is 0 Å². The molecule has 1 heterocycles. The fourth-order valence-electron chi connectivity index (χ4n) is 3.15. The molecule has 27 heavy (non-hydrogen) atoms. The Hall–Kier alpha value is -2.53. The lowest BCUT2D eigenvalue weighted by molar-refractivity contribution is -0.131. The van der Waals surface area contributed by atoms with Gasteiger partial charge in [0.2, 0.25) is 5.91 Å². The Kier molecular flexibility index (Phi) is 5.03. The summed E-state index contributed by atoms with van der Waals surface area (Å²) >= 11 is 1.57. The van der Waals surface area contributed by atoms with E-state index in [9.17, 15) is 9.18 Å². The van der Waals surface area contributed by atoms with Crippen molar-refractivity contribution in [2.24, 2.45) is 0 Å². The minimum atomic E-state index is -0.255. The SMILES string of the molecule is Cc1cccc(-c2nc(CC(=O)N(Cc3ccc(F)cc3)C3CC3)cs2)c1. The van der Waals surface area contributed by atoms with Crippen LogP contribution in [0.4, 0.5) is 4.39 Å². The molecule has 1 fully saturated rings. The summed E-state index contributed by atoms with van der Waals surface area (Å²) in [6.45, 7) is 2.59. The summed E-state index contributed by atoms with van der Waals surface area (Å²) in [5.41, 5.74) is 4.05.